The third-order valence-electron chi connectivity index (χ3n) is 3.68. The first-order valence-electron chi connectivity index (χ1n) is 8.24. The Morgan fingerprint density at radius 2 is 1.68 bits per heavy atom. The normalized spacial score (nSPS) is 11.5. The minimum atomic E-state index is -3.48. The number of aryl methyl sites for hydroxylation is 2. The molecule has 0 heterocycles. The predicted octanol–water partition coefficient (Wildman–Crippen LogP) is 3.25. The van der Waals surface area contributed by atoms with E-state index in [1.165, 1.54) is 0 Å². The van der Waals surface area contributed by atoms with E-state index in [2.05, 4.69) is 10.0 Å². The van der Waals surface area contributed by atoms with Crippen LogP contribution in [0.15, 0.2) is 53.4 Å². The Morgan fingerprint density at radius 3 is 2.28 bits per heavy atom. The molecule has 0 aliphatic rings. The molecule has 1 amide bonds. The molecule has 2 aromatic carbocycles. The van der Waals surface area contributed by atoms with Crippen LogP contribution in [0, 0.1) is 6.92 Å². The van der Waals surface area contributed by atoms with Crippen molar-refractivity contribution in [3.8, 4) is 0 Å². The number of benzene rings is 2. The third kappa shape index (κ3) is 5.69. The van der Waals surface area contributed by atoms with E-state index >= 15 is 0 Å². The summed E-state index contributed by atoms with van der Waals surface area (Å²) in [4.78, 5) is 12.3. The molecule has 0 radical (unpaired) electrons. The summed E-state index contributed by atoms with van der Waals surface area (Å²) >= 11 is 0. The van der Waals surface area contributed by atoms with Crippen molar-refractivity contribution in [2.75, 3.05) is 5.32 Å². The number of carbonyl (C=O) groups is 1. The molecular formula is C19H24N2O3S. The lowest BCUT2D eigenvalue weighted by Crippen LogP contribution is -2.30. The second-order valence-electron chi connectivity index (χ2n) is 6.28. The lowest BCUT2D eigenvalue weighted by Gasteiger charge is -2.10. The van der Waals surface area contributed by atoms with Gasteiger partial charge in [-0.25, -0.2) is 13.1 Å². The van der Waals surface area contributed by atoms with Crippen LogP contribution in [-0.4, -0.2) is 20.4 Å². The molecule has 5 nitrogen and oxygen atoms in total. The first-order chi connectivity index (χ1) is 11.8. The van der Waals surface area contributed by atoms with Crippen molar-refractivity contribution in [1.29, 1.82) is 0 Å². The summed E-state index contributed by atoms with van der Waals surface area (Å²) in [6, 6.07) is 14.1. The van der Waals surface area contributed by atoms with Gasteiger partial charge in [-0.2, -0.15) is 0 Å². The molecule has 2 N–H and O–H groups in total. The van der Waals surface area contributed by atoms with Crippen LogP contribution in [0.5, 0.6) is 0 Å². The molecule has 0 bridgehead atoms. The highest BCUT2D eigenvalue weighted by Crippen LogP contribution is 2.15. The summed E-state index contributed by atoms with van der Waals surface area (Å²) in [5.41, 5.74) is 2.75. The van der Waals surface area contributed by atoms with Crippen LogP contribution in [0.1, 0.15) is 31.4 Å². The van der Waals surface area contributed by atoms with E-state index < -0.39 is 10.0 Å². The van der Waals surface area contributed by atoms with Crippen molar-refractivity contribution < 1.29 is 13.2 Å². The van der Waals surface area contributed by atoms with Gasteiger partial charge in [-0.05, 0) is 56.5 Å². The summed E-state index contributed by atoms with van der Waals surface area (Å²) in [5.74, 6) is -0.0625. The molecule has 0 fully saturated rings. The standard InChI is InChI=1S/C19H24N2O3S/c1-14(2)21-25(23,24)17-11-8-16(9-12-17)10-13-19(22)20-18-7-5-4-6-15(18)3/h4-9,11-12,14,21H,10,13H2,1-3H3,(H,20,22). The average Bonchev–Trinajstić information content (AvgIpc) is 2.54. The Hall–Kier alpha value is -2.18. The predicted molar refractivity (Wildman–Crippen MR) is 100 cm³/mol. The number of amides is 1. The second kappa shape index (κ2) is 8.27. The number of hydrogen-bond acceptors (Lipinski definition) is 3. The minimum Gasteiger partial charge on any atom is -0.326 e. The van der Waals surface area contributed by atoms with E-state index in [9.17, 15) is 13.2 Å². The van der Waals surface area contributed by atoms with E-state index in [0.29, 0.717) is 12.8 Å². The summed E-state index contributed by atoms with van der Waals surface area (Å²) in [6.45, 7) is 5.50. The zero-order valence-corrected chi connectivity index (χ0v) is 15.6. The van der Waals surface area contributed by atoms with Crippen molar-refractivity contribution in [3.05, 3.63) is 59.7 Å². The van der Waals surface area contributed by atoms with E-state index in [1.807, 2.05) is 31.2 Å². The molecule has 0 aromatic heterocycles. The van der Waals surface area contributed by atoms with Gasteiger partial charge < -0.3 is 5.32 Å². The summed E-state index contributed by atoms with van der Waals surface area (Å²) < 4.78 is 26.7. The zero-order chi connectivity index (χ0) is 18.4. The molecular weight excluding hydrogens is 336 g/mol. The molecule has 0 aliphatic carbocycles. The summed E-state index contributed by atoms with van der Waals surface area (Å²) in [7, 11) is -3.48. The Labute approximate surface area is 149 Å². The number of para-hydroxylation sites is 1. The highest BCUT2D eigenvalue weighted by Gasteiger charge is 2.15. The first-order valence-corrected chi connectivity index (χ1v) is 9.73. The van der Waals surface area contributed by atoms with Crippen molar-refractivity contribution in [2.24, 2.45) is 0 Å². The van der Waals surface area contributed by atoms with E-state index in [1.54, 1.807) is 38.1 Å². The maximum atomic E-state index is 12.1. The van der Waals surface area contributed by atoms with Crippen LogP contribution in [0.4, 0.5) is 5.69 Å². The lowest BCUT2D eigenvalue weighted by molar-refractivity contribution is -0.116. The number of hydrogen-bond donors (Lipinski definition) is 2. The topological polar surface area (TPSA) is 75.3 Å². The quantitative estimate of drug-likeness (QED) is 0.796. The van der Waals surface area contributed by atoms with Gasteiger partial charge in [0.1, 0.15) is 0 Å². The Kier molecular flexibility index (Phi) is 6.33. The molecule has 6 heteroatoms. The van der Waals surface area contributed by atoms with Crippen LogP contribution < -0.4 is 10.0 Å². The van der Waals surface area contributed by atoms with Crippen LogP contribution in [0.25, 0.3) is 0 Å². The van der Waals surface area contributed by atoms with Crippen LogP contribution in [0.2, 0.25) is 0 Å². The smallest absolute Gasteiger partial charge is 0.240 e. The number of carbonyl (C=O) groups excluding carboxylic acids is 1. The molecule has 25 heavy (non-hydrogen) atoms. The number of sulfonamides is 1. The van der Waals surface area contributed by atoms with Gasteiger partial charge in [-0.15, -0.1) is 0 Å². The average molecular weight is 360 g/mol. The monoisotopic (exact) mass is 360 g/mol. The van der Waals surface area contributed by atoms with Crippen molar-refractivity contribution in [3.63, 3.8) is 0 Å². The largest absolute Gasteiger partial charge is 0.326 e. The first kappa shape index (κ1) is 19.1. The third-order valence-corrected chi connectivity index (χ3v) is 5.36. The number of rotatable bonds is 7. The molecule has 0 saturated heterocycles. The van der Waals surface area contributed by atoms with Gasteiger partial charge in [-0.1, -0.05) is 30.3 Å². The Balaban J connectivity index is 1.93. The van der Waals surface area contributed by atoms with Gasteiger partial charge in [0.25, 0.3) is 0 Å². The number of nitrogens with one attached hydrogen (secondary N) is 2. The fourth-order valence-electron chi connectivity index (χ4n) is 2.40. The molecule has 0 saturated carbocycles. The van der Waals surface area contributed by atoms with Crippen LogP contribution in [0.3, 0.4) is 0 Å². The Morgan fingerprint density at radius 1 is 1.04 bits per heavy atom. The van der Waals surface area contributed by atoms with Gasteiger partial charge in [0.05, 0.1) is 4.90 Å². The van der Waals surface area contributed by atoms with E-state index in [-0.39, 0.29) is 16.8 Å². The van der Waals surface area contributed by atoms with Crippen LogP contribution in [-0.2, 0) is 21.2 Å². The second-order valence-corrected chi connectivity index (χ2v) is 8.00. The molecule has 0 spiro atoms. The maximum Gasteiger partial charge on any atom is 0.240 e. The molecule has 0 atom stereocenters. The lowest BCUT2D eigenvalue weighted by atomic mass is 10.1. The maximum absolute atomic E-state index is 12.1. The fourth-order valence-corrected chi connectivity index (χ4v) is 3.65. The minimum absolute atomic E-state index is 0.0625. The van der Waals surface area contributed by atoms with Crippen molar-refractivity contribution in [1.82, 2.24) is 4.72 Å². The zero-order valence-electron chi connectivity index (χ0n) is 14.7. The summed E-state index contributed by atoms with van der Waals surface area (Å²) in [5, 5.41) is 2.89. The van der Waals surface area contributed by atoms with Crippen LogP contribution >= 0.6 is 0 Å². The molecule has 134 valence electrons. The van der Waals surface area contributed by atoms with Gasteiger partial charge in [-0.3, -0.25) is 4.79 Å². The van der Waals surface area contributed by atoms with E-state index in [4.69, 9.17) is 0 Å². The molecule has 2 aromatic rings. The number of anilines is 1. The van der Waals surface area contributed by atoms with Crippen molar-refractivity contribution >= 4 is 21.6 Å². The van der Waals surface area contributed by atoms with E-state index in [0.717, 1.165) is 16.8 Å². The van der Waals surface area contributed by atoms with Gasteiger partial charge in [0.2, 0.25) is 15.9 Å². The highest BCUT2D eigenvalue weighted by molar-refractivity contribution is 7.89. The van der Waals surface area contributed by atoms with Gasteiger partial charge >= 0.3 is 0 Å². The highest BCUT2D eigenvalue weighted by atomic mass is 32.2. The summed E-state index contributed by atoms with van der Waals surface area (Å²) in [6.07, 6.45) is 0.889. The SMILES string of the molecule is Cc1ccccc1NC(=O)CCc1ccc(S(=O)(=O)NC(C)C)cc1. The van der Waals surface area contributed by atoms with Gasteiger partial charge in [0.15, 0.2) is 0 Å². The Bertz CT molecular complexity index is 828. The molecule has 2 rings (SSSR count). The molecule has 0 unspecified atom stereocenters. The molecule has 0 aliphatic heterocycles. The fraction of sp³-hybridized carbons (Fsp3) is 0.316. The van der Waals surface area contributed by atoms with Gasteiger partial charge in [0, 0.05) is 18.2 Å². The van der Waals surface area contributed by atoms with Crippen molar-refractivity contribution in [2.45, 2.75) is 44.6 Å².